The van der Waals surface area contributed by atoms with Crippen LogP contribution in [-0.2, 0) is 9.53 Å². The Labute approximate surface area is 155 Å². The number of carbonyl (C=O) groups excluding carboxylic acids is 1. The van der Waals surface area contributed by atoms with Gasteiger partial charge in [0.05, 0.1) is 19.3 Å². The number of rotatable bonds is 6. The van der Waals surface area contributed by atoms with Gasteiger partial charge in [-0.1, -0.05) is 25.3 Å². The molecule has 1 atom stereocenters. The molecule has 1 unspecified atom stereocenters. The fourth-order valence-corrected chi connectivity index (χ4v) is 4.10. The van der Waals surface area contributed by atoms with E-state index in [0.717, 1.165) is 45.7 Å². The van der Waals surface area contributed by atoms with E-state index in [1.165, 1.54) is 31.4 Å². The molecule has 0 spiro atoms. The summed E-state index contributed by atoms with van der Waals surface area (Å²) in [6.07, 6.45) is 6.10. The zero-order valence-corrected chi connectivity index (χ0v) is 15.6. The van der Waals surface area contributed by atoms with Gasteiger partial charge in [-0.15, -0.1) is 0 Å². The van der Waals surface area contributed by atoms with Crippen LogP contribution in [0.4, 0.5) is 10.1 Å². The Hall–Kier alpha value is -1.50. The van der Waals surface area contributed by atoms with Crippen molar-refractivity contribution in [2.75, 3.05) is 38.2 Å². The number of carbonyl (C=O) groups is 1. The third-order valence-corrected chi connectivity index (χ3v) is 5.69. The van der Waals surface area contributed by atoms with Crippen molar-refractivity contribution in [1.29, 1.82) is 0 Å². The molecule has 0 aromatic heterocycles. The van der Waals surface area contributed by atoms with E-state index in [2.05, 4.69) is 15.5 Å². The number of nitrogens with one attached hydrogen (secondary N) is 2. The summed E-state index contributed by atoms with van der Waals surface area (Å²) >= 11 is 0. The van der Waals surface area contributed by atoms with Crippen molar-refractivity contribution in [3.05, 3.63) is 30.1 Å². The maximum Gasteiger partial charge on any atom is 0.241 e. The van der Waals surface area contributed by atoms with E-state index in [1.807, 2.05) is 6.92 Å². The topological polar surface area (TPSA) is 53.6 Å². The summed E-state index contributed by atoms with van der Waals surface area (Å²) < 4.78 is 18.8. The van der Waals surface area contributed by atoms with E-state index in [4.69, 9.17) is 4.74 Å². The predicted octanol–water partition coefficient (Wildman–Crippen LogP) is 2.78. The van der Waals surface area contributed by atoms with E-state index in [9.17, 15) is 9.18 Å². The summed E-state index contributed by atoms with van der Waals surface area (Å²) in [7, 11) is 0. The lowest BCUT2D eigenvalue weighted by molar-refractivity contribution is -0.118. The third kappa shape index (κ3) is 4.81. The number of anilines is 1. The molecular weight excluding hydrogens is 333 g/mol. The molecule has 3 rings (SSSR count). The maximum absolute atomic E-state index is 13.3. The first-order valence-electron chi connectivity index (χ1n) is 9.72. The molecule has 26 heavy (non-hydrogen) atoms. The van der Waals surface area contributed by atoms with Crippen LogP contribution in [0, 0.1) is 5.82 Å². The molecule has 0 bridgehead atoms. The summed E-state index contributed by atoms with van der Waals surface area (Å²) in [6, 6.07) is 5.66. The van der Waals surface area contributed by atoms with Gasteiger partial charge in [-0.05, 0) is 38.0 Å². The molecule has 1 saturated carbocycles. The number of morpholine rings is 1. The van der Waals surface area contributed by atoms with Crippen molar-refractivity contribution in [2.45, 2.75) is 50.6 Å². The molecule has 1 aliphatic heterocycles. The van der Waals surface area contributed by atoms with Gasteiger partial charge in [-0.3, -0.25) is 9.69 Å². The predicted molar refractivity (Wildman–Crippen MR) is 101 cm³/mol. The second kappa shape index (κ2) is 8.93. The van der Waals surface area contributed by atoms with E-state index in [0.29, 0.717) is 5.69 Å². The molecule has 5 nitrogen and oxygen atoms in total. The average Bonchev–Trinajstić information content (AvgIpc) is 2.67. The molecule has 1 heterocycles. The summed E-state index contributed by atoms with van der Waals surface area (Å²) in [6.45, 7) is 6.17. The van der Waals surface area contributed by atoms with Gasteiger partial charge in [0.15, 0.2) is 0 Å². The van der Waals surface area contributed by atoms with Crippen molar-refractivity contribution in [3.8, 4) is 0 Å². The first kappa shape index (κ1) is 19.3. The lowest BCUT2D eigenvalue weighted by Gasteiger charge is -2.48. The first-order valence-corrected chi connectivity index (χ1v) is 9.72. The number of nitrogens with zero attached hydrogens (tertiary/aromatic N) is 1. The lowest BCUT2D eigenvalue weighted by Crippen LogP contribution is -2.60. The Morgan fingerprint density at radius 3 is 2.69 bits per heavy atom. The van der Waals surface area contributed by atoms with Crippen LogP contribution in [0.1, 0.15) is 39.0 Å². The van der Waals surface area contributed by atoms with Crippen molar-refractivity contribution >= 4 is 11.6 Å². The van der Waals surface area contributed by atoms with Crippen LogP contribution in [0.25, 0.3) is 0 Å². The molecule has 1 saturated heterocycles. The minimum atomic E-state index is -0.350. The highest BCUT2D eigenvalue weighted by molar-refractivity contribution is 5.94. The van der Waals surface area contributed by atoms with Crippen LogP contribution in [-0.4, -0.2) is 55.2 Å². The van der Waals surface area contributed by atoms with Gasteiger partial charge in [0.1, 0.15) is 5.82 Å². The number of halogens is 1. The van der Waals surface area contributed by atoms with E-state index in [1.54, 1.807) is 12.1 Å². The van der Waals surface area contributed by atoms with Gasteiger partial charge in [0, 0.05) is 30.9 Å². The molecule has 2 fully saturated rings. The van der Waals surface area contributed by atoms with Crippen molar-refractivity contribution in [1.82, 2.24) is 10.2 Å². The molecule has 1 aliphatic carbocycles. The number of amides is 1. The minimum absolute atomic E-state index is 0.120. The van der Waals surface area contributed by atoms with Crippen LogP contribution in [0.5, 0.6) is 0 Å². The number of ether oxygens (including phenoxy) is 1. The quantitative estimate of drug-likeness (QED) is 0.816. The Kier molecular flexibility index (Phi) is 6.62. The zero-order valence-electron chi connectivity index (χ0n) is 15.6. The van der Waals surface area contributed by atoms with Gasteiger partial charge < -0.3 is 15.4 Å². The van der Waals surface area contributed by atoms with Crippen molar-refractivity contribution < 1.29 is 13.9 Å². The van der Waals surface area contributed by atoms with E-state index >= 15 is 0 Å². The minimum Gasteiger partial charge on any atom is -0.379 e. The Balaban J connectivity index is 1.58. The second-order valence-electron chi connectivity index (χ2n) is 7.49. The normalized spacial score (nSPS) is 21.9. The molecular formula is C20H30FN3O2. The highest BCUT2D eigenvalue weighted by Gasteiger charge is 2.38. The lowest BCUT2D eigenvalue weighted by atomic mass is 9.79. The second-order valence-corrected chi connectivity index (χ2v) is 7.49. The van der Waals surface area contributed by atoms with E-state index in [-0.39, 0.29) is 23.3 Å². The zero-order chi connectivity index (χ0) is 18.4. The van der Waals surface area contributed by atoms with Crippen LogP contribution in [0.3, 0.4) is 0 Å². The van der Waals surface area contributed by atoms with Crippen LogP contribution in [0.2, 0.25) is 0 Å². The van der Waals surface area contributed by atoms with Crippen molar-refractivity contribution in [3.63, 3.8) is 0 Å². The van der Waals surface area contributed by atoms with Crippen LogP contribution >= 0.6 is 0 Å². The third-order valence-electron chi connectivity index (χ3n) is 5.69. The summed E-state index contributed by atoms with van der Waals surface area (Å²) in [5, 5.41) is 6.22. The van der Waals surface area contributed by atoms with Crippen LogP contribution < -0.4 is 10.6 Å². The number of hydrogen-bond donors (Lipinski definition) is 2. The first-order chi connectivity index (χ1) is 12.6. The molecule has 1 aromatic rings. The molecule has 2 aliphatic rings. The summed E-state index contributed by atoms with van der Waals surface area (Å²) in [5.41, 5.74) is 0.610. The standard InChI is InChI=1S/C20H30FN3O2/c1-16(19(25)23-18-7-5-6-17(21)14-18)22-15-20(8-3-2-4-9-20)24-10-12-26-13-11-24/h5-7,14,16,22H,2-4,8-13,15H2,1H3,(H,23,25). The molecule has 6 heteroatoms. The number of hydrogen-bond acceptors (Lipinski definition) is 4. The van der Waals surface area contributed by atoms with Gasteiger partial charge in [0.25, 0.3) is 0 Å². The van der Waals surface area contributed by atoms with Gasteiger partial charge in [-0.25, -0.2) is 4.39 Å². The smallest absolute Gasteiger partial charge is 0.241 e. The summed E-state index contributed by atoms with van der Waals surface area (Å²) in [4.78, 5) is 15.0. The average molecular weight is 363 g/mol. The highest BCUT2D eigenvalue weighted by atomic mass is 19.1. The van der Waals surface area contributed by atoms with Crippen molar-refractivity contribution in [2.24, 2.45) is 0 Å². The molecule has 0 radical (unpaired) electrons. The molecule has 1 amide bonds. The summed E-state index contributed by atoms with van der Waals surface area (Å²) in [5.74, 6) is -0.486. The molecule has 2 N–H and O–H groups in total. The fraction of sp³-hybridized carbons (Fsp3) is 0.650. The monoisotopic (exact) mass is 363 g/mol. The fourth-order valence-electron chi connectivity index (χ4n) is 4.10. The number of benzene rings is 1. The SMILES string of the molecule is CC(NCC1(N2CCOCC2)CCCCC1)C(=O)Nc1cccc(F)c1. The largest absolute Gasteiger partial charge is 0.379 e. The Morgan fingerprint density at radius 2 is 2.00 bits per heavy atom. The van der Waals surface area contributed by atoms with Gasteiger partial charge in [0.2, 0.25) is 5.91 Å². The van der Waals surface area contributed by atoms with Gasteiger partial charge >= 0.3 is 0 Å². The Morgan fingerprint density at radius 1 is 1.27 bits per heavy atom. The Bertz CT molecular complexity index is 598. The highest BCUT2D eigenvalue weighted by Crippen LogP contribution is 2.34. The molecule has 1 aromatic carbocycles. The van der Waals surface area contributed by atoms with Crippen LogP contribution in [0.15, 0.2) is 24.3 Å². The van der Waals surface area contributed by atoms with E-state index < -0.39 is 0 Å². The molecule has 144 valence electrons. The van der Waals surface area contributed by atoms with Gasteiger partial charge in [-0.2, -0.15) is 0 Å². The maximum atomic E-state index is 13.3.